The van der Waals surface area contributed by atoms with Crippen molar-refractivity contribution < 1.29 is 4.42 Å². The van der Waals surface area contributed by atoms with Crippen LogP contribution in [-0.2, 0) is 0 Å². The van der Waals surface area contributed by atoms with E-state index in [0.29, 0.717) is 0 Å². The fraction of sp³-hybridized carbons (Fsp3) is 0. The Morgan fingerprint density at radius 1 is 0.400 bits per heavy atom. The Bertz CT molecular complexity index is 2400. The van der Waals surface area contributed by atoms with E-state index in [1.165, 1.54) is 50.5 Å². The van der Waals surface area contributed by atoms with E-state index in [-0.39, 0.29) is 0 Å². The number of furan rings is 1. The zero-order chi connectivity index (χ0) is 29.8. The Labute approximate surface area is 264 Å². The molecule has 3 heteroatoms. The average molecular weight is 636 g/mol. The topological polar surface area (TPSA) is 18.1 Å². The molecule has 0 atom stereocenters. The Balaban J connectivity index is 1.42. The van der Waals surface area contributed by atoms with Crippen LogP contribution < -0.4 is 17.6 Å². The molecule has 0 N–H and O–H groups in total. The van der Waals surface area contributed by atoms with Gasteiger partial charge in [-0.05, 0) is 0 Å². The van der Waals surface area contributed by atoms with Crippen LogP contribution in [0.1, 0.15) is 0 Å². The van der Waals surface area contributed by atoms with Crippen molar-refractivity contribution in [3.8, 4) is 5.69 Å². The first-order chi connectivity index (χ1) is 22.3. The van der Waals surface area contributed by atoms with Crippen LogP contribution in [0.25, 0.3) is 49.4 Å². The molecular weight excluding hydrogens is 607 g/mol. The van der Waals surface area contributed by atoms with Crippen molar-refractivity contribution in [2.45, 2.75) is 0 Å². The van der Waals surface area contributed by atoms with Crippen LogP contribution in [-0.4, -0.2) is 17.8 Å². The molecule has 0 saturated heterocycles. The molecule has 212 valence electrons. The molecule has 0 aliphatic rings. The van der Waals surface area contributed by atoms with Crippen molar-refractivity contribution in [1.82, 2.24) is 4.57 Å². The normalized spacial score (nSPS) is 12.0. The van der Waals surface area contributed by atoms with Crippen molar-refractivity contribution >= 4 is 74.6 Å². The van der Waals surface area contributed by atoms with Crippen LogP contribution in [0.4, 0.5) is 0 Å². The van der Waals surface area contributed by atoms with Crippen molar-refractivity contribution in [3.05, 3.63) is 176 Å². The average Bonchev–Trinajstić information content (AvgIpc) is 3.66. The van der Waals surface area contributed by atoms with Gasteiger partial charge in [0.25, 0.3) is 0 Å². The van der Waals surface area contributed by atoms with Gasteiger partial charge in [-0.25, -0.2) is 0 Å². The zero-order valence-corrected chi connectivity index (χ0v) is 26.7. The van der Waals surface area contributed by atoms with Gasteiger partial charge in [0.15, 0.2) is 0 Å². The third-order valence-electron chi connectivity index (χ3n) is 9.34. The van der Waals surface area contributed by atoms with Gasteiger partial charge in [-0.2, -0.15) is 0 Å². The maximum atomic E-state index is 6.81. The molecule has 45 heavy (non-hydrogen) atoms. The van der Waals surface area contributed by atoms with Gasteiger partial charge in [0.2, 0.25) is 0 Å². The second kappa shape index (κ2) is 10.4. The summed E-state index contributed by atoms with van der Waals surface area (Å²) in [5.41, 5.74) is 5.52. The zero-order valence-electron chi connectivity index (χ0n) is 24.6. The standard InChI is InChI=1S/C42H29GeNO/c1-3-15-30(16-4-1)43(31-17-5-2-6-18-31,38-25-14-24-37-36-23-9-12-28-41(36)45-42(37)38)32-19-13-20-33(29-32)44-39-26-10-7-21-34(39)35-22-8-11-27-40(35)44/h1-29H. The van der Waals surface area contributed by atoms with E-state index in [2.05, 4.69) is 180 Å². The summed E-state index contributed by atoms with van der Waals surface area (Å²) in [6.07, 6.45) is 0. The van der Waals surface area contributed by atoms with Gasteiger partial charge in [-0.1, -0.05) is 0 Å². The second-order valence-corrected chi connectivity index (χ2v) is 19.6. The molecule has 2 aromatic heterocycles. The van der Waals surface area contributed by atoms with E-state index in [0.717, 1.165) is 16.6 Å². The Morgan fingerprint density at radius 2 is 0.911 bits per heavy atom. The van der Waals surface area contributed by atoms with Crippen LogP contribution in [0.5, 0.6) is 0 Å². The predicted octanol–water partition coefficient (Wildman–Crippen LogP) is 8.06. The summed E-state index contributed by atoms with van der Waals surface area (Å²) in [7, 11) is 0. The summed E-state index contributed by atoms with van der Waals surface area (Å²) in [4.78, 5) is 0. The molecule has 0 bridgehead atoms. The minimum absolute atomic E-state index is 0.927. The van der Waals surface area contributed by atoms with Gasteiger partial charge in [0, 0.05) is 0 Å². The molecule has 0 fully saturated rings. The number of rotatable bonds is 5. The molecular formula is C42H29GeNO. The van der Waals surface area contributed by atoms with Gasteiger partial charge in [0.1, 0.15) is 0 Å². The number of hydrogen-bond acceptors (Lipinski definition) is 1. The van der Waals surface area contributed by atoms with Crippen molar-refractivity contribution in [3.63, 3.8) is 0 Å². The Hall–Kier alpha value is -5.32. The molecule has 9 rings (SSSR count). The number of para-hydroxylation sites is 4. The van der Waals surface area contributed by atoms with E-state index in [1.807, 2.05) is 0 Å². The summed E-state index contributed by atoms with van der Waals surface area (Å²) in [5.74, 6) is 0. The fourth-order valence-corrected chi connectivity index (χ4v) is 17.7. The fourth-order valence-electron chi connectivity index (χ4n) is 7.46. The Morgan fingerprint density at radius 3 is 1.58 bits per heavy atom. The van der Waals surface area contributed by atoms with E-state index in [1.54, 1.807) is 0 Å². The Kier molecular flexibility index (Phi) is 6.03. The first-order valence-electron chi connectivity index (χ1n) is 15.4. The number of aromatic nitrogens is 1. The molecule has 9 aromatic rings. The first-order valence-corrected chi connectivity index (χ1v) is 19.6. The van der Waals surface area contributed by atoms with Crippen LogP contribution in [0.2, 0.25) is 0 Å². The SMILES string of the molecule is c1cc[c]([Ge]([c]2ccccc2)([c]2cccc(-n3c4ccccc4c4ccccc43)c2)[c]2cccc3c2oc2ccccc23)cc1. The van der Waals surface area contributed by atoms with E-state index in [9.17, 15) is 0 Å². The van der Waals surface area contributed by atoms with Crippen molar-refractivity contribution in [2.24, 2.45) is 0 Å². The van der Waals surface area contributed by atoms with E-state index in [4.69, 9.17) is 4.42 Å². The first kappa shape index (κ1) is 26.1. The summed E-state index contributed by atoms with van der Waals surface area (Å²) in [6.45, 7) is 0. The van der Waals surface area contributed by atoms with E-state index >= 15 is 0 Å². The third kappa shape index (κ3) is 3.89. The second-order valence-electron chi connectivity index (χ2n) is 11.7. The molecule has 0 unspecified atom stereocenters. The number of nitrogens with zero attached hydrogens (tertiary/aromatic N) is 1. The quantitative estimate of drug-likeness (QED) is 0.175. The van der Waals surface area contributed by atoms with Gasteiger partial charge < -0.3 is 0 Å². The minimum atomic E-state index is -3.70. The monoisotopic (exact) mass is 637 g/mol. The van der Waals surface area contributed by atoms with Crippen LogP contribution in [0.15, 0.2) is 180 Å². The van der Waals surface area contributed by atoms with Crippen LogP contribution in [0, 0.1) is 0 Å². The van der Waals surface area contributed by atoms with Gasteiger partial charge in [0.05, 0.1) is 0 Å². The van der Waals surface area contributed by atoms with Gasteiger partial charge in [-0.15, -0.1) is 0 Å². The van der Waals surface area contributed by atoms with E-state index < -0.39 is 13.3 Å². The maximum absolute atomic E-state index is 6.81. The van der Waals surface area contributed by atoms with Crippen molar-refractivity contribution in [2.75, 3.05) is 0 Å². The summed E-state index contributed by atoms with van der Waals surface area (Å²) >= 11 is -3.70. The van der Waals surface area contributed by atoms with Crippen LogP contribution >= 0.6 is 0 Å². The molecule has 0 saturated carbocycles. The van der Waals surface area contributed by atoms with Crippen LogP contribution in [0.3, 0.4) is 0 Å². The molecule has 0 spiro atoms. The molecule has 0 aliphatic heterocycles. The molecule has 0 radical (unpaired) electrons. The summed E-state index contributed by atoms with van der Waals surface area (Å²) < 4.78 is 14.7. The number of fused-ring (bicyclic) bond motifs is 6. The molecule has 0 amide bonds. The molecule has 2 nitrogen and oxygen atoms in total. The number of hydrogen-bond donors (Lipinski definition) is 0. The van der Waals surface area contributed by atoms with Gasteiger partial charge >= 0.3 is 265 Å². The number of benzene rings is 7. The third-order valence-corrected chi connectivity index (χ3v) is 19.4. The predicted molar refractivity (Wildman–Crippen MR) is 192 cm³/mol. The molecule has 7 aromatic carbocycles. The molecule has 0 aliphatic carbocycles. The van der Waals surface area contributed by atoms with Gasteiger partial charge in [-0.3, -0.25) is 0 Å². The molecule has 2 heterocycles. The summed E-state index contributed by atoms with van der Waals surface area (Å²) in [6, 6.07) is 64.3. The van der Waals surface area contributed by atoms with Crippen molar-refractivity contribution in [1.29, 1.82) is 0 Å². The summed E-state index contributed by atoms with van der Waals surface area (Å²) in [5, 5.41) is 4.86.